The van der Waals surface area contributed by atoms with E-state index in [2.05, 4.69) is 5.32 Å². The molecule has 12 heteroatoms. The van der Waals surface area contributed by atoms with Gasteiger partial charge in [0.2, 0.25) is 17.7 Å². The van der Waals surface area contributed by atoms with Gasteiger partial charge in [0.25, 0.3) is 0 Å². The van der Waals surface area contributed by atoms with E-state index >= 15 is 0 Å². The number of rotatable bonds is 19. The van der Waals surface area contributed by atoms with Crippen molar-refractivity contribution in [2.24, 2.45) is 11.8 Å². The molecule has 3 amide bonds. The van der Waals surface area contributed by atoms with Gasteiger partial charge < -0.3 is 24.6 Å². The molecule has 2 rings (SSSR count). The van der Waals surface area contributed by atoms with Crippen molar-refractivity contribution < 1.29 is 43.3 Å². The number of nitrogens with one attached hydrogen (secondary N) is 1. The van der Waals surface area contributed by atoms with Crippen molar-refractivity contribution in [1.29, 1.82) is 0 Å². The molecule has 1 aliphatic heterocycles. The summed E-state index contributed by atoms with van der Waals surface area (Å²) >= 11 is 1.37. The van der Waals surface area contributed by atoms with Gasteiger partial charge in [-0.2, -0.15) is 0 Å². The fraction of sp³-hybridized carbons (Fsp3) is 0.821. The van der Waals surface area contributed by atoms with Gasteiger partial charge in [0.15, 0.2) is 6.29 Å². The molecule has 11 nitrogen and oxygen atoms in total. The molecular weight excluding hydrogens is 540 g/mol. The Morgan fingerprint density at radius 3 is 2.48 bits per heavy atom. The fourth-order valence-corrected chi connectivity index (χ4v) is 5.98. The van der Waals surface area contributed by atoms with E-state index in [1.165, 1.54) is 23.8 Å². The molecule has 1 saturated heterocycles. The molecule has 3 unspecified atom stereocenters. The number of aliphatic hydroxyl groups is 1. The molecule has 0 aromatic heterocycles. The Morgan fingerprint density at radius 1 is 1.12 bits per heavy atom. The molecule has 3 atom stereocenters. The monoisotopic (exact) mass is 586 g/mol. The standard InChI is InChI=1S/C28H46N2O9S/c1-4-21(17-31)39-27(37-3)18-38-26(35)8-6-7-24(33)29-13-14-40-23-15-25(34)30(28(23)36)16-19-9-11-20(12-10-19)22(32)5-2/h19-21,23,27,31H,4-18H2,1-3H3,(H,29,33). The number of ketones is 1. The lowest BCUT2D eigenvalue weighted by Crippen LogP contribution is -2.37. The van der Waals surface area contributed by atoms with Gasteiger partial charge in [-0.3, -0.25) is 28.9 Å². The third-order valence-electron chi connectivity index (χ3n) is 7.47. The lowest BCUT2D eigenvalue weighted by molar-refractivity contribution is -0.194. The van der Waals surface area contributed by atoms with Crippen LogP contribution in [0.15, 0.2) is 0 Å². The van der Waals surface area contributed by atoms with Gasteiger partial charge in [-0.05, 0) is 44.4 Å². The topological polar surface area (TPSA) is 149 Å². The summed E-state index contributed by atoms with van der Waals surface area (Å²) < 4.78 is 15.7. The number of thioether (sulfide) groups is 1. The van der Waals surface area contributed by atoms with Crippen LogP contribution in [0.3, 0.4) is 0 Å². The molecule has 0 spiro atoms. The van der Waals surface area contributed by atoms with Crippen LogP contribution in [0.1, 0.15) is 78.1 Å². The van der Waals surface area contributed by atoms with E-state index in [0.717, 1.165) is 25.7 Å². The predicted molar refractivity (Wildman–Crippen MR) is 149 cm³/mol. The van der Waals surface area contributed by atoms with E-state index < -0.39 is 23.6 Å². The Labute approximate surface area is 241 Å². The molecule has 228 valence electrons. The van der Waals surface area contributed by atoms with Crippen molar-refractivity contribution >= 4 is 41.2 Å². The van der Waals surface area contributed by atoms with Crippen LogP contribution in [0, 0.1) is 11.8 Å². The zero-order valence-electron chi connectivity index (χ0n) is 24.1. The molecule has 2 fully saturated rings. The highest BCUT2D eigenvalue weighted by molar-refractivity contribution is 8.00. The Kier molecular flexibility index (Phi) is 15.7. The Balaban J connectivity index is 1.57. The first-order valence-electron chi connectivity index (χ1n) is 14.4. The molecule has 0 bridgehead atoms. The average molecular weight is 587 g/mol. The first kappa shape index (κ1) is 34.2. The number of hydrogen-bond acceptors (Lipinski definition) is 10. The van der Waals surface area contributed by atoms with Crippen LogP contribution in [0.25, 0.3) is 0 Å². The summed E-state index contributed by atoms with van der Waals surface area (Å²) in [5, 5.41) is 11.5. The third-order valence-corrected chi connectivity index (χ3v) is 8.68. The minimum Gasteiger partial charge on any atom is -0.460 e. The van der Waals surface area contributed by atoms with Crippen molar-refractivity contribution in [3.63, 3.8) is 0 Å². The highest BCUT2D eigenvalue weighted by atomic mass is 32.2. The summed E-state index contributed by atoms with van der Waals surface area (Å²) in [6.07, 6.45) is 4.11. The highest BCUT2D eigenvalue weighted by Gasteiger charge is 2.40. The van der Waals surface area contributed by atoms with E-state index in [4.69, 9.17) is 14.2 Å². The maximum atomic E-state index is 12.8. The van der Waals surface area contributed by atoms with Gasteiger partial charge in [-0.25, -0.2) is 0 Å². The zero-order chi connectivity index (χ0) is 29.5. The first-order valence-corrected chi connectivity index (χ1v) is 15.5. The zero-order valence-corrected chi connectivity index (χ0v) is 24.9. The number of methoxy groups -OCH3 is 1. The van der Waals surface area contributed by atoms with E-state index in [9.17, 15) is 29.1 Å². The third kappa shape index (κ3) is 11.5. The first-order chi connectivity index (χ1) is 19.2. The number of imide groups is 1. The number of aliphatic hydroxyl groups excluding tert-OH is 1. The van der Waals surface area contributed by atoms with Crippen molar-refractivity contribution in [2.45, 2.75) is 95.7 Å². The van der Waals surface area contributed by atoms with Crippen LogP contribution in [-0.2, 0) is 38.2 Å². The molecule has 0 aromatic rings. The molecular formula is C28H46N2O9S. The summed E-state index contributed by atoms with van der Waals surface area (Å²) in [4.78, 5) is 62.7. The number of nitrogens with zero attached hydrogens (tertiary/aromatic N) is 1. The minimum absolute atomic E-state index is 0.0703. The highest BCUT2D eigenvalue weighted by Crippen LogP contribution is 2.33. The van der Waals surface area contributed by atoms with Crippen LogP contribution in [-0.4, -0.2) is 96.3 Å². The largest absolute Gasteiger partial charge is 0.460 e. The van der Waals surface area contributed by atoms with Gasteiger partial charge in [-0.15, -0.1) is 11.8 Å². The van der Waals surface area contributed by atoms with Crippen LogP contribution in [0.2, 0.25) is 0 Å². The maximum Gasteiger partial charge on any atom is 0.305 e. The van der Waals surface area contributed by atoms with E-state index in [1.54, 1.807) is 0 Å². The van der Waals surface area contributed by atoms with Crippen LogP contribution >= 0.6 is 11.8 Å². The molecule has 2 N–H and O–H groups in total. The molecule has 0 radical (unpaired) electrons. The Hall–Kier alpha value is -2.02. The number of esters is 1. The van der Waals surface area contributed by atoms with Gasteiger partial charge >= 0.3 is 5.97 Å². The lowest BCUT2D eigenvalue weighted by Gasteiger charge is -2.30. The average Bonchev–Trinajstić information content (AvgIpc) is 3.22. The normalized spacial score (nSPS) is 22.7. The van der Waals surface area contributed by atoms with Crippen LogP contribution in [0.5, 0.6) is 0 Å². The number of carbonyl (C=O) groups excluding carboxylic acids is 5. The summed E-state index contributed by atoms with van der Waals surface area (Å²) in [5.74, 6) is 0.208. The Bertz CT molecular complexity index is 844. The molecule has 2 aliphatic rings. The molecule has 1 heterocycles. The number of hydrogen-bond donors (Lipinski definition) is 2. The number of Topliss-reactive ketones (excluding diaryl/α,β-unsaturated/α-hetero) is 1. The maximum absolute atomic E-state index is 12.8. The number of carbonyl (C=O) groups is 5. The molecule has 1 saturated carbocycles. The van der Waals surface area contributed by atoms with E-state index in [1.807, 2.05) is 13.8 Å². The van der Waals surface area contributed by atoms with E-state index in [0.29, 0.717) is 43.9 Å². The molecule has 40 heavy (non-hydrogen) atoms. The quantitative estimate of drug-likeness (QED) is 0.0999. The van der Waals surface area contributed by atoms with Crippen LogP contribution < -0.4 is 5.32 Å². The van der Waals surface area contributed by atoms with E-state index in [-0.39, 0.29) is 62.0 Å². The molecule has 1 aliphatic carbocycles. The van der Waals surface area contributed by atoms with Gasteiger partial charge in [0, 0.05) is 57.6 Å². The minimum atomic E-state index is -0.770. The van der Waals surface area contributed by atoms with Crippen molar-refractivity contribution in [1.82, 2.24) is 10.2 Å². The van der Waals surface area contributed by atoms with Crippen LogP contribution in [0.4, 0.5) is 0 Å². The number of ether oxygens (including phenoxy) is 3. The predicted octanol–water partition coefficient (Wildman–Crippen LogP) is 2.22. The SMILES string of the molecule is CCC(=O)C1CCC(CN2C(=O)CC(SCCNC(=O)CCCC(=O)OCC(OC)OC(CC)CO)C2=O)CC1. The second-order valence-electron chi connectivity index (χ2n) is 10.3. The Morgan fingerprint density at radius 2 is 1.85 bits per heavy atom. The second kappa shape index (κ2) is 18.4. The smallest absolute Gasteiger partial charge is 0.305 e. The fourth-order valence-electron chi connectivity index (χ4n) is 4.94. The number of amides is 3. The molecule has 0 aromatic carbocycles. The number of likely N-dealkylation sites (tertiary alicyclic amines) is 1. The second-order valence-corrected chi connectivity index (χ2v) is 11.7. The van der Waals surface area contributed by atoms with Crippen molar-refractivity contribution in [2.75, 3.05) is 39.2 Å². The lowest BCUT2D eigenvalue weighted by atomic mass is 9.79. The van der Waals surface area contributed by atoms with Gasteiger partial charge in [0.1, 0.15) is 12.4 Å². The van der Waals surface area contributed by atoms with Crippen molar-refractivity contribution in [3.8, 4) is 0 Å². The summed E-state index contributed by atoms with van der Waals surface area (Å²) in [6, 6.07) is 0. The van der Waals surface area contributed by atoms with Gasteiger partial charge in [0.05, 0.1) is 18.0 Å². The van der Waals surface area contributed by atoms with Crippen molar-refractivity contribution in [3.05, 3.63) is 0 Å². The summed E-state index contributed by atoms with van der Waals surface area (Å²) in [7, 11) is 1.42. The summed E-state index contributed by atoms with van der Waals surface area (Å²) in [6.45, 7) is 4.28. The summed E-state index contributed by atoms with van der Waals surface area (Å²) in [5.41, 5.74) is 0. The van der Waals surface area contributed by atoms with Gasteiger partial charge in [-0.1, -0.05) is 13.8 Å².